The van der Waals surface area contributed by atoms with Crippen molar-refractivity contribution in [3.05, 3.63) is 75.9 Å². The molecule has 0 aliphatic carbocycles. The van der Waals surface area contributed by atoms with E-state index in [2.05, 4.69) is 32.8 Å². The summed E-state index contributed by atoms with van der Waals surface area (Å²) < 4.78 is 0.947. The molecule has 1 aliphatic rings. The second-order valence-electron chi connectivity index (χ2n) is 5.69. The normalized spacial score (nSPS) is 20.4. The minimum atomic E-state index is -0.550. The number of benzene rings is 1. The maximum absolute atomic E-state index is 12.4. The first-order chi connectivity index (χ1) is 11.5. The first-order valence-electron chi connectivity index (χ1n) is 7.40. The molecule has 0 radical (unpaired) electrons. The molecule has 0 spiro atoms. The summed E-state index contributed by atoms with van der Waals surface area (Å²) >= 11 is 4.86. The van der Waals surface area contributed by atoms with E-state index in [0.29, 0.717) is 17.2 Å². The summed E-state index contributed by atoms with van der Waals surface area (Å²) in [5.41, 5.74) is 0.884. The largest absolute Gasteiger partial charge is 0.301 e. The summed E-state index contributed by atoms with van der Waals surface area (Å²) in [6.45, 7) is 6.08. The van der Waals surface area contributed by atoms with Crippen LogP contribution in [0.2, 0.25) is 0 Å². The predicted molar refractivity (Wildman–Crippen MR) is 102 cm³/mol. The van der Waals surface area contributed by atoms with Crippen molar-refractivity contribution in [1.82, 2.24) is 10.3 Å². The van der Waals surface area contributed by atoms with Crippen LogP contribution in [0.1, 0.15) is 29.4 Å². The fourth-order valence-corrected chi connectivity index (χ4v) is 3.86. The van der Waals surface area contributed by atoms with Crippen LogP contribution in [0.15, 0.2) is 69.6 Å². The molecule has 1 N–H and O–H groups in total. The monoisotopic (exact) mass is 401 g/mol. The van der Waals surface area contributed by atoms with Crippen LogP contribution in [-0.4, -0.2) is 16.1 Å². The second kappa shape index (κ2) is 6.91. The Morgan fingerprint density at radius 1 is 1.33 bits per heavy atom. The SMILES string of the molecule is C=C1C[C@@](C)(c2cc(Br)ccn2)N=C(NC(=O)c2ccccc2)S1. The van der Waals surface area contributed by atoms with Gasteiger partial charge in [0.1, 0.15) is 5.54 Å². The zero-order valence-electron chi connectivity index (χ0n) is 13.1. The molecule has 1 amide bonds. The van der Waals surface area contributed by atoms with Crippen molar-refractivity contribution in [2.24, 2.45) is 4.99 Å². The van der Waals surface area contributed by atoms with E-state index < -0.39 is 5.54 Å². The lowest BCUT2D eigenvalue weighted by molar-refractivity contribution is 0.0977. The number of pyridine rings is 1. The Bertz CT molecular complexity index is 822. The molecule has 6 heteroatoms. The minimum Gasteiger partial charge on any atom is -0.301 e. The summed E-state index contributed by atoms with van der Waals surface area (Å²) in [5, 5.41) is 3.42. The summed E-state index contributed by atoms with van der Waals surface area (Å²) in [6, 6.07) is 12.9. The van der Waals surface area contributed by atoms with E-state index in [4.69, 9.17) is 4.99 Å². The molecule has 0 fully saturated rings. The van der Waals surface area contributed by atoms with Gasteiger partial charge < -0.3 is 5.32 Å². The van der Waals surface area contributed by atoms with E-state index in [9.17, 15) is 4.79 Å². The van der Waals surface area contributed by atoms with Gasteiger partial charge in [-0.05, 0) is 36.1 Å². The van der Waals surface area contributed by atoms with Gasteiger partial charge in [0, 0.05) is 22.7 Å². The van der Waals surface area contributed by atoms with Crippen LogP contribution in [0.4, 0.5) is 0 Å². The molecule has 1 aromatic carbocycles. The highest BCUT2D eigenvalue weighted by Gasteiger charge is 2.34. The third kappa shape index (κ3) is 3.76. The Hall–Kier alpha value is -1.92. The molecule has 1 atom stereocenters. The molecular formula is C18H16BrN3OS. The molecule has 4 nitrogen and oxygen atoms in total. The molecule has 3 rings (SSSR count). The van der Waals surface area contributed by atoms with Crippen LogP contribution >= 0.6 is 27.7 Å². The molecule has 0 unspecified atom stereocenters. The van der Waals surface area contributed by atoms with Crippen molar-refractivity contribution in [2.45, 2.75) is 18.9 Å². The molecule has 2 aromatic rings. The number of rotatable bonds is 2. The third-order valence-electron chi connectivity index (χ3n) is 3.66. The van der Waals surface area contributed by atoms with Gasteiger partial charge in [-0.25, -0.2) is 4.99 Å². The van der Waals surface area contributed by atoms with Crippen molar-refractivity contribution >= 4 is 38.8 Å². The number of halogens is 1. The number of amidine groups is 1. The number of amides is 1. The summed E-state index contributed by atoms with van der Waals surface area (Å²) in [4.78, 5) is 22.5. The number of nitrogens with one attached hydrogen (secondary N) is 1. The van der Waals surface area contributed by atoms with E-state index in [0.717, 1.165) is 15.1 Å². The van der Waals surface area contributed by atoms with Crippen LogP contribution in [0.3, 0.4) is 0 Å². The number of hydrogen-bond acceptors (Lipinski definition) is 4. The Labute approximate surface area is 153 Å². The maximum atomic E-state index is 12.4. The van der Waals surface area contributed by atoms with E-state index in [1.807, 2.05) is 37.3 Å². The second-order valence-corrected chi connectivity index (χ2v) is 7.77. The summed E-state index contributed by atoms with van der Waals surface area (Å²) in [5.74, 6) is -0.180. The molecule has 0 saturated heterocycles. The zero-order valence-corrected chi connectivity index (χ0v) is 15.5. The van der Waals surface area contributed by atoms with Gasteiger partial charge in [0.2, 0.25) is 0 Å². The smallest absolute Gasteiger partial charge is 0.257 e. The van der Waals surface area contributed by atoms with Gasteiger partial charge >= 0.3 is 0 Å². The number of hydrogen-bond donors (Lipinski definition) is 1. The highest BCUT2D eigenvalue weighted by molar-refractivity contribution is 9.10. The number of carbonyl (C=O) groups excluding carboxylic acids is 1. The lowest BCUT2D eigenvalue weighted by Crippen LogP contribution is -2.35. The van der Waals surface area contributed by atoms with Gasteiger partial charge in [-0.1, -0.05) is 52.5 Å². The number of nitrogens with zero attached hydrogens (tertiary/aromatic N) is 2. The van der Waals surface area contributed by atoms with Crippen molar-refractivity contribution in [3.8, 4) is 0 Å². The minimum absolute atomic E-state index is 0.180. The fourth-order valence-electron chi connectivity index (χ4n) is 2.50. The van der Waals surface area contributed by atoms with Crippen molar-refractivity contribution in [2.75, 3.05) is 0 Å². The van der Waals surface area contributed by atoms with Gasteiger partial charge in [0.05, 0.1) is 5.69 Å². The maximum Gasteiger partial charge on any atom is 0.257 e. The van der Waals surface area contributed by atoms with Crippen LogP contribution in [0.25, 0.3) is 0 Å². The van der Waals surface area contributed by atoms with E-state index in [-0.39, 0.29) is 5.91 Å². The lowest BCUT2D eigenvalue weighted by Gasteiger charge is -2.31. The standard InChI is InChI=1S/C18H16BrN3OS/c1-12-11-18(2,15-10-14(19)8-9-20-15)22-17(24-12)21-16(23)13-6-4-3-5-7-13/h3-10H,1,11H2,2H3,(H,21,22,23)/t18-/m0/s1. The van der Waals surface area contributed by atoms with Crippen LogP contribution in [-0.2, 0) is 5.54 Å². The molecule has 122 valence electrons. The first kappa shape index (κ1) is 16.9. The molecule has 0 bridgehead atoms. The Morgan fingerprint density at radius 2 is 2.08 bits per heavy atom. The number of aliphatic imine (C=N–C) groups is 1. The van der Waals surface area contributed by atoms with Crippen molar-refractivity contribution < 1.29 is 4.79 Å². The molecule has 0 saturated carbocycles. The van der Waals surface area contributed by atoms with Gasteiger partial charge in [0.25, 0.3) is 5.91 Å². The predicted octanol–water partition coefficient (Wildman–Crippen LogP) is 4.50. The van der Waals surface area contributed by atoms with E-state index >= 15 is 0 Å². The molecule has 2 heterocycles. The van der Waals surface area contributed by atoms with Crippen LogP contribution in [0, 0.1) is 0 Å². The van der Waals surface area contributed by atoms with Gasteiger partial charge in [-0.3, -0.25) is 9.78 Å². The molecular weight excluding hydrogens is 386 g/mol. The number of aromatic nitrogens is 1. The molecule has 1 aliphatic heterocycles. The van der Waals surface area contributed by atoms with Crippen molar-refractivity contribution in [1.29, 1.82) is 0 Å². The van der Waals surface area contributed by atoms with Crippen molar-refractivity contribution in [3.63, 3.8) is 0 Å². The molecule has 1 aromatic heterocycles. The zero-order chi connectivity index (χ0) is 17.2. The Kier molecular flexibility index (Phi) is 4.87. The number of carbonyl (C=O) groups is 1. The summed E-state index contributed by atoms with van der Waals surface area (Å²) in [6.07, 6.45) is 2.42. The van der Waals surface area contributed by atoms with Gasteiger partial charge in [-0.2, -0.15) is 0 Å². The highest BCUT2D eigenvalue weighted by Crippen LogP contribution is 2.40. The van der Waals surface area contributed by atoms with E-state index in [1.165, 1.54) is 11.8 Å². The van der Waals surface area contributed by atoms with Gasteiger partial charge in [0.15, 0.2) is 5.17 Å². The van der Waals surface area contributed by atoms with Crippen LogP contribution in [0.5, 0.6) is 0 Å². The Balaban J connectivity index is 1.89. The topological polar surface area (TPSA) is 54.4 Å². The number of thioether (sulfide) groups is 1. The van der Waals surface area contributed by atoms with Crippen LogP contribution < -0.4 is 5.32 Å². The average molecular weight is 402 g/mol. The third-order valence-corrected chi connectivity index (χ3v) is 4.97. The summed E-state index contributed by atoms with van der Waals surface area (Å²) in [7, 11) is 0. The molecule has 24 heavy (non-hydrogen) atoms. The van der Waals surface area contributed by atoms with Gasteiger partial charge in [-0.15, -0.1) is 0 Å². The first-order valence-corrected chi connectivity index (χ1v) is 9.01. The quantitative estimate of drug-likeness (QED) is 0.805. The lowest BCUT2D eigenvalue weighted by atomic mass is 9.93. The Morgan fingerprint density at radius 3 is 2.79 bits per heavy atom. The fraction of sp³-hybridized carbons (Fsp3) is 0.167. The average Bonchev–Trinajstić information content (AvgIpc) is 2.55. The van der Waals surface area contributed by atoms with E-state index in [1.54, 1.807) is 18.3 Å². The highest BCUT2D eigenvalue weighted by atomic mass is 79.9.